The van der Waals surface area contributed by atoms with E-state index in [1.54, 1.807) is 13.1 Å². The first-order valence-electron chi connectivity index (χ1n) is 8.28. The molecule has 1 aromatic rings. The fourth-order valence-corrected chi connectivity index (χ4v) is 3.85. The summed E-state index contributed by atoms with van der Waals surface area (Å²) < 4.78 is 11.4. The number of anilines is 1. The summed E-state index contributed by atoms with van der Waals surface area (Å²) in [5, 5.41) is 0. The second kappa shape index (κ2) is 6.93. The highest BCUT2D eigenvalue weighted by Gasteiger charge is 2.47. The predicted octanol–water partition coefficient (Wildman–Crippen LogP) is 1.75. The molecule has 2 fully saturated rings. The number of nitrogens with two attached hydrogens (primary N) is 1. The Hall–Kier alpha value is -1.25. The summed E-state index contributed by atoms with van der Waals surface area (Å²) in [6.07, 6.45) is 3.53. The molecule has 3 heterocycles. The van der Waals surface area contributed by atoms with E-state index >= 15 is 0 Å². The number of carbonyl (C=O) groups is 1. The summed E-state index contributed by atoms with van der Waals surface area (Å²) in [7, 11) is 0. The number of nitrogens with zero attached hydrogens (tertiary/aromatic N) is 3. The molecule has 7 nitrogen and oxygen atoms in total. The van der Waals surface area contributed by atoms with Crippen molar-refractivity contribution < 1.29 is 14.3 Å². The lowest BCUT2D eigenvalue weighted by molar-refractivity contribution is 0.0519. The lowest BCUT2D eigenvalue weighted by atomic mass is 9.73. The van der Waals surface area contributed by atoms with E-state index in [1.165, 1.54) is 0 Å². The van der Waals surface area contributed by atoms with Crippen LogP contribution < -0.4 is 10.6 Å². The van der Waals surface area contributed by atoms with Crippen LogP contribution in [0, 0.1) is 5.41 Å². The zero-order valence-corrected chi connectivity index (χ0v) is 15.6. The Morgan fingerprint density at radius 2 is 2.25 bits per heavy atom. The lowest BCUT2D eigenvalue weighted by Crippen LogP contribution is -2.51. The van der Waals surface area contributed by atoms with Crippen LogP contribution in [-0.2, 0) is 9.47 Å². The van der Waals surface area contributed by atoms with Crippen LogP contribution >= 0.6 is 15.9 Å². The van der Waals surface area contributed by atoms with E-state index in [1.807, 2.05) is 6.92 Å². The highest BCUT2D eigenvalue weighted by Crippen LogP contribution is 2.42. The van der Waals surface area contributed by atoms with Gasteiger partial charge in [0.15, 0.2) is 11.5 Å². The molecule has 2 N–H and O–H groups in total. The van der Waals surface area contributed by atoms with Crippen LogP contribution in [0.3, 0.4) is 0 Å². The van der Waals surface area contributed by atoms with Gasteiger partial charge < -0.3 is 20.1 Å². The molecule has 0 amide bonds. The molecule has 1 spiro atoms. The Balaban J connectivity index is 1.78. The number of rotatable bonds is 3. The van der Waals surface area contributed by atoms with Crippen molar-refractivity contribution in [2.75, 3.05) is 31.2 Å². The van der Waals surface area contributed by atoms with E-state index < -0.39 is 5.97 Å². The van der Waals surface area contributed by atoms with E-state index in [2.05, 4.69) is 30.8 Å². The van der Waals surface area contributed by atoms with Gasteiger partial charge in [0, 0.05) is 24.5 Å². The third-order valence-electron chi connectivity index (χ3n) is 5.10. The van der Waals surface area contributed by atoms with Crippen molar-refractivity contribution in [3.05, 3.63) is 16.5 Å². The zero-order chi connectivity index (χ0) is 17.3. The van der Waals surface area contributed by atoms with Crippen LogP contribution in [0.1, 0.15) is 37.2 Å². The lowest BCUT2D eigenvalue weighted by Gasteiger charge is -2.41. The average Bonchev–Trinajstić information content (AvgIpc) is 2.85. The molecule has 2 aliphatic rings. The summed E-state index contributed by atoms with van der Waals surface area (Å²) in [6.45, 7) is 6.36. The highest BCUT2D eigenvalue weighted by molar-refractivity contribution is 9.10. The van der Waals surface area contributed by atoms with Crippen molar-refractivity contribution in [2.24, 2.45) is 11.1 Å². The van der Waals surface area contributed by atoms with Crippen LogP contribution in [0.5, 0.6) is 0 Å². The molecule has 132 valence electrons. The zero-order valence-electron chi connectivity index (χ0n) is 14.0. The minimum atomic E-state index is -0.448. The van der Waals surface area contributed by atoms with E-state index in [4.69, 9.17) is 15.2 Å². The first-order valence-corrected chi connectivity index (χ1v) is 9.08. The fourth-order valence-electron chi connectivity index (χ4n) is 3.57. The van der Waals surface area contributed by atoms with Crippen molar-refractivity contribution in [3.63, 3.8) is 0 Å². The maximum atomic E-state index is 12.2. The smallest absolute Gasteiger partial charge is 0.360 e. The number of ether oxygens (including phenoxy) is 2. The van der Waals surface area contributed by atoms with E-state index in [9.17, 15) is 4.79 Å². The van der Waals surface area contributed by atoms with Gasteiger partial charge in [-0.2, -0.15) is 0 Å². The van der Waals surface area contributed by atoms with Gasteiger partial charge in [0.1, 0.15) is 4.60 Å². The van der Waals surface area contributed by atoms with Crippen LogP contribution in [0.15, 0.2) is 10.8 Å². The fraction of sp³-hybridized carbons (Fsp3) is 0.688. The highest BCUT2D eigenvalue weighted by atomic mass is 79.9. The molecule has 8 heteroatoms. The van der Waals surface area contributed by atoms with Crippen molar-refractivity contribution >= 4 is 27.7 Å². The van der Waals surface area contributed by atoms with Gasteiger partial charge in [-0.3, -0.25) is 0 Å². The number of aromatic nitrogens is 2. The Morgan fingerprint density at radius 3 is 2.83 bits per heavy atom. The Kier molecular flexibility index (Phi) is 5.08. The summed E-state index contributed by atoms with van der Waals surface area (Å²) in [4.78, 5) is 23.0. The van der Waals surface area contributed by atoms with Gasteiger partial charge >= 0.3 is 5.97 Å². The number of hydrogen-bond acceptors (Lipinski definition) is 7. The Morgan fingerprint density at radius 1 is 1.54 bits per heavy atom. The molecule has 0 radical (unpaired) electrons. The molecule has 0 saturated carbocycles. The normalized spacial score (nSPS) is 25.9. The summed E-state index contributed by atoms with van der Waals surface area (Å²) in [5.74, 6) is 0.128. The predicted molar refractivity (Wildman–Crippen MR) is 93.0 cm³/mol. The monoisotopic (exact) mass is 398 g/mol. The van der Waals surface area contributed by atoms with Crippen LogP contribution in [0.2, 0.25) is 0 Å². The Labute approximate surface area is 150 Å². The maximum absolute atomic E-state index is 12.2. The maximum Gasteiger partial charge on any atom is 0.360 e. The second-order valence-corrected chi connectivity index (χ2v) is 7.29. The van der Waals surface area contributed by atoms with Crippen LogP contribution in [0.25, 0.3) is 0 Å². The summed E-state index contributed by atoms with van der Waals surface area (Å²) >= 11 is 3.27. The third kappa shape index (κ3) is 3.14. The molecule has 2 atom stereocenters. The van der Waals surface area contributed by atoms with Crippen LogP contribution in [-0.4, -0.2) is 54.4 Å². The van der Waals surface area contributed by atoms with Gasteiger partial charge in [-0.1, -0.05) is 0 Å². The first-order chi connectivity index (χ1) is 11.5. The number of esters is 1. The molecule has 0 unspecified atom stereocenters. The SMILES string of the molecule is CCOC(=O)c1nc(Br)cnc1N1CCC2(CC1)CO[C@@H](C)[C@H]2N. The minimum Gasteiger partial charge on any atom is -0.461 e. The van der Waals surface area contributed by atoms with Gasteiger partial charge in [-0.05, 0) is 42.6 Å². The standard InChI is InChI=1S/C16H23BrN4O3/c1-3-23-15(22)12-14(19-8-11(17)20-12)21-6-4-16(5-7-21)9-24-10(2)13(16)18/h8,10,13H,3-7,9,18H2,1-2H3/t10-,13+/m0/s1. The van der Waals surface area contributed by atoms with Crippen LogP contribution in [0.4, 0.5) is 5.82 Å². The Bertz CT molecular complexity index is 619. The van der Waals surface area contributed by atoms with E-state index in [0.717, 1.165) is 25.9 Å². The molecule has 3 rings (SSSR count). The first kappa shape index (κ1) is 17.6. The molecule has 1 aromatic heterocycles. The van der Waals surface area contributed by atoms with Crippen molar-refractivity contribution in [2.45, 2.75) is 38.8 Å². The summed E-state index contributed by atoms with van der Waals surface area (Å²) in [5.41, 5.74) is 6.64. The van der Waals surface area contributed by atoms with Gasteiger partial charge in [0.25, 0.3) is 0 Å². The van der Waals surface area contributed by atoms with Gasteiger partial charge in [0.05, 0.1) is 25.5 Å². The molecule has 2 saturated heterocycles. The average molecular weight is 399 g/mol. The van der Waals surface area contributed by atoms with Crippen molar-refractivity contribution in [1.82, 2.24) is 9.97 Å². The van der Waals surface area contributed by atoms with Gasteiger partial charge in [-0.25, -0.2) is 14.8 Å². The minimum absolute atomic E-state index is 0.0306. The molecule has 0 aliphatic carbocycles. The molecule has 24 heavy (non-hydrogen) atoms. The van der Waals surface area contributed by atoms with E-state index in [-0.39, 0.29) is 23.3 Å². The van der Waals surface area contributed by atoms with Gasteiger partial charge in [-0.15, -0.1) is 0 Å². The number of hydrogen-bond donors (Lipinski definition) is 1. The number of halogens is 1. The van der Waals surface area contributed by atoms with E-state index in [0.29, 0.717) is 23.6 Å². The topological polar surface area (TPSA) is 90.6 Å². The molecular formula is C16H23BrN4O3. The third-order valence-corrected chi connectivity index (χ3v) is 5.48. The molecular weight excluding hydrogens is 376 g/mol. The summed E-state index contributed by atoms with van der Waals surface area (Å²) in [6, 6.07) is 0.0557. The molecule has 0 bridgehead atoms. The quantitative estimate of drug-likeness (QED) is 0.775. The number of carbonyl (C=O) groups excluding carboxylic acids is 1. The second-order valence-electron chi connectivity index (χ2n) is 6.48. The molecule has 0 aromatic carbocycles. The molecule has 2 aliphatic heterocycles. The van der Waals surface area contributed by atoms with Crippen molar-refractivity contribution in [1.29, 1.82) is 0 Å². The largest absolute Gasteiger partial charge is 0.461 e. The number of piperidine rings is 1. The van der Waals surface area contributed by atoms with Crippen molar-refractivity contribution in [3.8, 4) is 0 Å². The van der Waals surface area contributed by atoms with Gasteiger partial charge in [0.2, 0.25) is 0 Å².